The van der Waals surface area contributed by atoms with E-state index in [4.69, 9.17) is 10.5 Å². The normalized spacial score (nSPS) is 12.4. The Hall–Kier alpha value is -0.770. The van der Waals surface area contributed by atoms with Gasteiger partial charge < -0.3 is 15.8 Å². The van der Waals surface area contributed by atoms with Crippen LogP contribution in [0.1, 0.15) is 41.0 Å². The number of nitrogens with one attached hydrogen (secondary N) is 1. The minimum atomic E-state index is -0.406. The van der Waals surface area contributed by atoms with Gasteiger partial charge in [-0.25, -0.2) is 4.79 Å². The van der Waals surface area contributed by atoms with Crippen LogP contribution in [-0.2, 0) is 4.74 Å². The van der Waals surface area contributed by atoms with Crippen LogP contribution < -0.4 is 11.1 Å². The second-order valence-electron chi connectivity index (χ2n) is 5.22. The maximum absolute atomic E-state index is 11.4. The highest BCUT2D eigenvalue weighted by Crippen LogP contribution is 2.14. The number of alkyl carbamates (subject to hydrolysis) is 1. The minimum Gasteiger partial charge on any atom is -0.444 e. The second kappa shape index (κ2) is 5.35. The number of carbonyl (C=O) groups excluding carboxylic acids is 1. The molecule has 1 amide bonds. The maximum atomic E-state index is 11.4. The molecule has 4 nitrogen and oxygen atoms in total. The van der Waals surface area contributed by atoms with E-state index >= 15 is 0 Å². The first-order valence-corrected chi connectivity index (χ1v) is 5.39. The number of nitrogens with two attached hydrogens (primary N) is 1. The van der Waals surface area contributed by atoms with Crippen molar-refractivity contribution >= 4 is 6.09 Å². The van der Waals surface area contributed by atoms with Crippen molar-refractivity contribution in [3.8, 4) is 0 Å². The Morgan fingerprint density at radius 1 is 1.33 bits per heavy atom. The molecule has 15 heavy (non-hydrogen) atoms. The highest BCUT2D eigenvalue weighted by Gasteiger charge is 2.22. The molecule has 0 aliphatic rings. The molecule has 0 saturated heterocycles. The Bertz CT molecular complexity index is 213. The lowest BCUT2D eigenvalue weighted by Gasteiger charge is -2.26. The Labute approximate surface area is 92.6 Å². The molecule has 0 bridgehead atoms. The molecule has 0 aliphatic carbocycles. The molecule has 0 radical (unpaired) electrons. The topological polar surface area (TPSA) is 64.3 Å². The van der Waals surface area contributed by atoms with Crippen LogP contribution in [0.25, 0.3) is 0 Å². The molecule has 3 N–H and O–H groups in total. The summed E-state index contributed by atoms with van der Waals surface area (Å²) >= 11 is 0. The molecule has 0 spiro atoms. The summed E-state index contributed by atoms with van der Waals surface area (Å²) in [6.07, 6.45) is 0.420. The van der Waals surface area contributed by atoms with Gasteiger partial charge in [-0.15, -0.1) is 0 Å². The van der Waals surface area contributed by atoms with Gasteiger partial charge in [-0.3, -0.25) is 0 Å². The summed E-state index contributed by atoms with van der Waals surface area (Å²) < 4.78 is 5.24. The zero-order chi connectivity index (χ0) is 12.1. The fraction of sp³-hybridized carbons (Fsp3) is 0.909. The summed E-state index contributed by atoms with van der Waals surface area (Å²) in [5, 5.41) is 2.72. The lowest BCUT2D eigenvalue weighted by Crippen LogP contribution is -2.41. The predicted molar refractivity (Wildman–Crippen MR) is 61.7 cm³/mol. The summed E-state index contributed by atoms with van der Waals surface area (Å²) in [4.78, 5) is 11.4. The number of hydrogen-bond donors (Lipinski definition) is 2. The fourth-order valence-corrected chi connectivity index (χ4v) is 0.743. The van der Waals surface area contributed by atoms with E-state index in [2.05, 4.69) is 5.32 Å². The zero-order valence-corrected chi connectivity index (χ0v) is 10.5. The number of amides is 1. The van der Waals surface area contributed by atoms with Gasteiger partial charge in [0.15, 0.2) is 0 Å². The second-order valence-corrected chi connectivity index (χ2v) is 5.22. The van der Waals surface area contributed by atoms with E-state index < -0.39 is 5.60 Å². The van der Waals surface area contributed by atoms with Crippen LogP contribution in [0.2, 0.25) is 0 Å². The van der Waals surface area contributed by atoms with E-state index in [9.17, 15) is 4.79 Å². The lowest BCUT2D eigenvalue weighted by atomic mass is 9.94. The molecule has 90 valence electrons. The molecule has 0 aromatic heterocycles. The van der Waals surface area contributed by atoms with Crippen molar-refractivity contribution in [2.75, 3.05) is 13.1 Å². The van der Waals surface area contributed by atoms with E-state index in [1.807, 2.05) is 34.6 Å². The Kier molecular flexibility index (Phi) is 5.08. The molecule has 0 rings (SSSR count). The van der Waals surface area contributed by atoms with Gasteiger partial charge in [-0.05, 0) is 32.2 Å². The molecule has 4 heteroatoms. The third-order valence-electron chi connectivity index (χ3n) is 2.48. The van der Waals surface area contributed by atoms with E-state index in [0.29, 0.717) is 13.1 Å². The first kappa shape index (κ1) is 14.2. The fourth-order valence-electron chi connectivity index (χ4n) is 0.743. The molecule has 0 heterocycles. The quantitative estimate of drug-likeness (QED) is 0.737. The van der Waals surface area contributed by atoms with Crippen molar-refractivity contribution < 1.29 is 9.53 Å². The molecular formula is C11H24N2O2. The SMILES string of the molecule is CCC(C)(C)OC(=O)NCC(C)(C)CN. The maximum Gasteiger partial charge on any atom is 0.407 e. The van der Waals surface area contributed by atoms with Crippen molar-refractivity contribution in [3.05, 3.63) is 0 Å². The van der Waals surface area contributed by atoms with E-state index in [1.54, 1.807) is 0 Å². The first-order valence-electron chi connectivity index (χ1n) is 5.39. The standard InChI is InChI=1S/C11H24N2O2/c1-6-11(4,5)15-9(14)13-8-10(2,3)7-12/h6-8,12H2,1-5H3,(H,13,14). The largest absolute Gasteiger partial charge is 0.444 e. The van der Waals surface area contributed by atoms with Crippen LogP contribution >= 0.6 is 0 Å². The average Bonchev–Trinajstić information content (AvgIpc) is 2.15. The van der Waals surface area contributed by atoms with E-state index in [1.165, 1.54) is 0 Å². The van der Waals surface area contributed by atoms with Crippen LogP contribution in [0.3, 0.4) is 0 Å². The van der Waals surface area contributed by atoms with Crippen molar-refractivity contribution in [3.63, 3.8) is 0 Å². The van der Waals surface area contributed by atoms with Crippen molar-refractivity contribution in [1.82, 2.24) is 5.32 Å². The van der Waals surface area contributed by atoms with Gasteiger partial charge in [0.2, 0.25) is 0 Å². The smallest absolute Gasteiger partial charge is 0.407 e. The molecule has 0 aromatic carbocycles. The summed E-state index contributed by atoms with van der Waals surface area (Å²) in [6.45, 7) is 10.8. The number of ether oxygens (including phenoxy) is 1. The van der Waals surface area contributed by atoms with Crippen LogP contribution in [0, 0.1) is 5.41 Å². The molecule has 0 aliphatic heterocycles. The van der Waals surface area contributed by atoms with Gasteiger partial charge in [-0.2, -0.15) is 0 Å². The van der Waals surface area contributed by atoms with Crippen LogP contribution in [-0.4, -0.2) is 24.8 Å². The van der Waals surface area contributed by atoms with Crippen LogP contribution in [0.15, 0.2) is 0 Å². The molecule has 0 aromatic rings. The molecule has 0 saturated carbocycles. The Morgan fingerprint density at radius 2 is 1.87 bits per heavy atom. The highest BCUT2D eigenvalue weighted by molar-refractivity contribution is 5.67. The van der Waals surface area contributed by atoms with Gasteiger partial charge in [0.25, 0.3) is 0 Å². The van der Waals surface area contributed by atoms with Crippen LogP contribution in [0.5, 0.6) is 0 Å². The molecular weight excluding hydrogens is 192 g/mol. The highest BCUT2D eigenvalue weighted by atomic mass is 16.6. The lowest BCUT2D eigenvalue weighted by molar-refractivity contribution is 0.0347. The summed E-state index contributed by atoms with van der Waals surface area (Å²) in [7, 11) is 0. The summed E-state index contributed by atoms with van der Waals surface area (Å²) in [5.41, 5.74) is 5.06. The third kappa shape index (κ3) is 6.33. The molecule has 0 atom stereocenters. The van der Waals surface area contributed by atoms with Crippen molar-refractivity contribution in [2.24, 2.45) is 11.1 Å². The van der Waals surface area contributed by atoms with Gasteiger partial charge in [0, 0.05) is 6.54 Å². The van der Waals surface area contributed by atoms with Gasteiger partial charge in [0.05, 0.1) is 0 Å². The molecule has 0 unspecified atom stereocenters. The first-order chi connectivity index (χ1) is 6.72. The number of hydrogen-bond acceptors (Lipinski definition) is 3. The predicted octanol–water partition coefficient (Wildman–Crippen LogP) is 1.89. The monoisotopic (exact) mass is 216 g/mol. The van der Waals surface area contributed by atoms with Crippen molar-refractivity contribution in [2.45, 2.75) is 46.6 Å². The Balaban J connectivity index is 3.96. The Morgan fingerprint density at radius 3 is 2.27 bits per heavy atom. The molecule has 0 fully saturated rings. The van der Waals surface area contributed by atoms with Crippen LogP contribution in [0.4, 0.5) is 4.79 Å². The third-order valence-corrected chi connectivity index (χ3v) is 2.48. The minimum absolute atomic E-state index is 0.0879. The van der Waals surface area contributed by atoms with Crippen molar-refractivity contribution in [1.29, 1.82) is 0 Å². The van der Waals surface area contributed by atoms with Gasteiger partial charge in [-0.1, -0.05) is 20.8 Å². The number of carbonyl (C=O) groups is 1. The van der Waals surface area contributed by atoms with Gasteiger partial charge >= 0.3 is 6.09 Å². The average molecular weight is 216 g/mol. The van der Waals surface area contributed by atoms with E-state index in [0.717, 1.165) is 6.42 Å². The zero-order valence-electron chi connectivity index (χ0n) is 10.5. The van der Waals surface area contributed by atoms with Gasteiger partial charge in [0.1, 0.15) is 5.60 Å². The summed E-state index contributed by atoms with van der Waals surface area (Å²) in [5.74, 6) is 0. The number of rotatable bonds is 5. The summed E-state index contributed by atoms with van der Waals surface area (Å²) in [6, 6.07) is 0. The van der Waals surface area contributed by atoms with E-state index in [-0.39, 0.29) is 11.5 Å².